The first-order valence-corrected chi connectivity index (χ1v) is 9.17. The quantitative estimate of drug-likeness (QED) is 0.737. The molecule has 120 valence electrons. The number of rotatable bonds is 2. The number of nitrogens with zero attached hydrogens (tertiary/aromatic N) is 4. The molecule has 0 bridgehead atoms. The highest BCUT2D eigenvalue weighted by Crippen LogP contribution is 2.28. The Hall–Kier alpha value is -1.54. The van der Waals surface area contributed by atoms with E-state index in [0.29, 0.717) is 25.5 Å². The molecule has 1 aromatic rings. The average Bonchev–Trinajstić information content (AvgIpc) is 2.76. The number of hydrogen-bond donors (Lipinski definition) is 0. The van der Waals surface area contributed by atoms with E-state index in [4.69, 9.17) is 0 Å². The van der Waals surface area contributed by atoms with Crippen LogP contribution in [-0.4, -0.2) is 70.8 Å². The summed E-state index contributed by atoms with van der Waals surface area (Å²) < 4.78 is 24.0. The summed E-state index contributed by atoms with van der Waals surface area (Å²) in [5.74, 6) is 0.851. The zero-order chi connectivity index (χ0) is 15.9. The van der Waals surface area contributed by atoms with Crippen LogP contribution < -0.4 is 0 Å². The van der Waals surface area contributed by atoms with E-state index in [1.165, 1.54) is 6.92 Å². The number of sulfone groups is 1. The lowest BCUT2D eigenvalue weighted by molar-refractivity contribution is -0.134. The van der Waals surface area contributed by atoms with Gasteiger partial charge in [0.1, 0.15) is 5.82 Å². The van der Waals surface area contributed by atoms with Crippen molar-refractivity contribution in [1.82, 2.24) is 19.8 Å². The Balaban J connectivity index is 1.81. The standard InChI is InChI=1S/C14H20N4O3S/c1-10-15-5-12(6-16-10)7-17-3-4-18(11(2)19)14-9-22(20,21)8-13(14)17/h5-6,13-14H,3-4,7-9H2,1-2H3/t13-,14+/m1/s1. The van der Waals surface area contributed by atoms with Crippen LogP contribution in [0.4, 0.5) is 0 Å². The number of carbonyl (C=O) groups excluding carboxylic acids is 1. The minimum absolute atomic E-state index is 0.0505. The van der Waals surface area contributed by atoms with Gasteiger partial charge in [-0.3, -0.25) is 9.69 Å². The third kappa shape index (κ3) is 2.98. The van der Waals surface area contributed by atoms with E-state index in [9.17, 15) is 13.2 Å². The summed E-state index contributed by atoms with van der Waals surface area (Å²) in [6.07, 6.45) is 3.55. The van der Waals surface area contributed by atoms with Gasteiger partial charge in [-0.25, -0.2) is 18.4 Å². The summed E-state index contributed by atoms with van der Waals surface area (Å²) in [6.45, 7) is 5.19. The first-order valence-electron chi connectivity index (χ1n) is 7.35. The van der Waals surface area contributed by atoms with Gasteiger partial charge in [-0.05, 0) is 6.92 Å². The molecule has 2 atom stereocenters. The molecule has 3 heterocycles. The minimum Gasteiger partial charge on any atom is -0.336 e. The topological polar surface area (TPSA) is 83.5 Å². The Bertz CT molecular complexity index is 674. The molecule has 0 aromatic carbocycles. The van der Waals surface area contributed by atoms with Crippen molar-refractivity contribution in [2.45, 2.75) is 32.5 Å². The molecule has 0 spiro atoms. The molecule has 1 amide bonds. The van der Waals surface area contributed by atoms with E-state index in [2.05, 4.69) is 14.9 Å². The molecule has 3 rings (SSSR count). The van der Waals surface area contributed by atoms with Crippen LogP contribution in [0.25, 0.3) is 0 Å². The van der Waals surface area contributed by atoms with E-state index in [1.807, 2.05) is 6.92 Å². The van der Waals surface area contributed by atoms with Crippen LogP contribution >= 0.6 is 0 Å². The normalized spacial score (nSPS) is 27.6. The fourth-order valence-electron chi connectivity index (χ4n) is 3.35. The number of fused-ring (bicyclic) bond motifs is 1. The van der Waals surface area contributed by atoms with Crippen molar-refractivity contribution in [1.29, 1.82) is 0 Å². The fraction of sp³-hybridized carbons (Fsp3) is 0.643. The van der Waals surface area contributed by atoms with Gasteiger partial charge >= 0.3 is 0 Å². The molecule has 0 saturated carbocycles. The van der Waals surface area contributed by atoms with E-state index in [-0.39, 0.29) is 29.5 Å². The van der Waals surface area contributed by atoms with Gasteiger partial charge in [0.05, 0.1) is 17.5 Å². The monoisotopic (exact) mass is 324 g/mol. The van der Waals surface area contributed by atoms with Gasteiger partial charge in [-0.1, -0.05) is 0 Å². The summed E-state index contributed by atoms with van der Waals surface area (Å²) in [5, 5.41) is 0. The molecule has 2 fully saturated rings. The first kappa shape index (κ1) is 15.4. The van der Waals surface area contributed by atoms with Crippen molar-refractivity contribution < 1.29 is 13.2 Å². The molecule has 1 aromatic heterocycles. The Labute approximate surface area is 130 Å². The number of amides is 1. The van der Waals surface area contributed by atoms with Crippen LogP contribution in [-0.2, 0) is 21.2 Å². The van der Waals surface area contributed by atoms with E-state index < -0.39 is 9.84 Å². The number of hydrogen-bond acceptors (Lipinski definition) is 6. The predicted octanol–water partition coefficient (Wildman–Crippen LogP) is -0.385. The smallest absolute Gasteiger partial charge is 0.219 e. The third-order valence-electron chi connectivity index (χ3n) is 4.42. The second-order valence-electron chi connectivity index (χ2n) is 6.03. The van der Waals surface area contributed by atoms with Crippen molar-refractivity contribution >= 4 is 15.7 Å². The Morgan fingerprint density at radius 2 is 1.86 bits per heavy atom. The molecule has 0 aliphatic carbocycles. The maximum atomic E-state index is 12.0. The van der Waals surface area contributed by atoms with Gasteiger partial charge < -0.3 is 4.90 Å². The zero-order valence-electron chi connectivity index (χ0n) is 12.8. The third-order valence-corrected chi connectivity index (χ3v) is 6.11. The van der Waals surface area contributed by atoms with Gasteiger partial charge in [-0.15, -0.1) is 0 Å². The Kier molecular flexibility index (Phi) is 3.90. The van der Waals surface area contributed by atoms with Gasteiger partial charge in [0.15, 0.2) is 9.84 Å². The van der Waals surface area contributed by atoms with Gasteiger partial charge in [-0.2, -0.15) is 0 Å². The van der Waals surface area contributed by atoms with Crippen LogP contribution in [0.5, 0.6) is 0 Å². The van der Waals surface area contributed by atoms with Gasteiger partial charge in [0.25, 0.3) is 0 Å². The van der Waals surface area contributed by atoms with Crippen LogP contribution in [0.3, 0.4) is 0 Å². The van der Waals surface area contributed by atoms with Crippen LogP contribution in [0.15, 0.2) is 12.4 Å². The average molecular weight is 324 g/mol. The van der Waals surface area contributed by atoms with Crippen molar-refractivity contribution in [3.05, 3.63) is 23.8 Å². The summed E-state index contributed by atoms with van der Waals surface area (Å²) in [7, 11) is -3.09. The lowest BCUT2D eigenvalue weighted by atomic mass is 10.0. The zero-order valence-corrected chi connectivity index (χ0v) is 13.6. The molecule has 2 aliphatic heterocycles. The van der Waals surface area contributed by atoms with Crippen molar-refractivity contribution in [2.24, 2.45) is 0 Å². The highest BCUT2D eigenvalue weighted by Gasteiger charge is 2.47. The molecular weight excluding hydrogens is 304 g/mol. The molecule has 0 N–H and O–H groups in total. The Morgan fingerprint density at radius 3 is 2.50 bits per heavy atom. The molecule has 2 saturated heterocycles. The summed E-state index contributed by atoms with van der Waals surface area (Å²) in [6, 6.07) is -0.369. The number of carbonyl (C=O) groups is 1. The van der Waals surface area contributed by atoms with Gasteiger partial charge in [0.2, 0.25) is 5.91 Å². The lowest BCUT2D eigenvalue weighted by Crippen LogP contribution is -2.59. The second kappa shape index (κ2) is 5.58. The number of aromatic nitrogens is 2. The van der Waals surface area contributed by atoms with E-state index >= 15 is 0 Å². The fourth-order valence-corrected chi connectivity index (χ4v) is 5.36. The maximum absolute atomic E-state index is 12.0. The highest BCUT2D eigenvalue weighted by molar-refractivity contribution is 7.91. The maximum Gasteiger partial charge on any atom is 0.219 e. The Morgan fingerprint density at radius 1 is 1.23 bits per heavy atom. The molecule has 22 heavy (non-hydrogen) atoms. The lowest BCUT2D eigenvalue weighted by Gasteiger charge is -2.43. The molecule has 0 unspecified atom stereocenters. The molecule has 8 heteroatoms. The van der Waals surface area contributed by atoms with E-state index in [1.54, 1.807) is 17.3 Å². The van der Waals surface area contributed by atoms with Crippen molar-refractivity contribution in [2.75, 3.05) is 24.6 Å². The van der Waals surface area contributed by atoms with Crippen LogP contribution in [0.2, 0.25) is 0 Å². The summed E-state index contributed by atoms with van der Waals surface area (Å²) in [5.41, 5.74) is 0.963. The molecule has 0 radical (unpaired) electrons. The van der Waals surface area contributed by atoms with Crippen molar-refractivity contribution in [3.8, 4) is 0 Å². The first-order chi connectivity index (χ1) is 10.4. The summed E-state index contributed by atoms with van der Waals surface area (Å²) >= 11 is 0. The molecule has 7 nitrogen and oxygen atoms in total. The predicted molar refractivity (Wildman–Crippen MR) is 80.8 cm³/mol. The second-order valence-corrected chi connectivity index (χ2v) is 8.19. The summed E-state index contributed by atoms with van der Waals surface area (Å²) in [4.78, 5) is 24.0. The highest BCUT2D eigenvalue weighted by atomic mass is 32.2. The van der Waals surface area contributed by atoms with Crippen LogP contribution in [0, 0.1) is 6.92 Å². The number of aryl methyl sites for hydroxylation is 1. The minimum atomic E-state index is -3.09. The van der Waals surface area contributed by atoms with E-state index in [0.717, 1.165) is 5.56 Å². The van der Waals surface area contributed by atoms with Crippen molar-refractivity contribution in [3.63, 3.8) is 0 Å². The molecular formula is C14H20N4O3S. The van der Waals surface area contributed by atoms with Crippen LogP contribution in [0.1, 0.15) is 18.3 Å². The SMILES string of the molecule is CC(=O)N1CCN(Cc2cnc(C)nc2)[C@@H]2CS(=O)(=O)C[C@@H]21. The molecule has 2 aliphatic rings. The number of piperazine rings is 1. The van der Waals surface area contributed by atoms with Gasteiger partial charge in [0, 0.05) is 50.6 Å². The largest absolute Gasteiger partial charge is 0.336 e.